The highest BCUT2D eigenvalue weighted by molar-refractivity contribution is 5.69. The molecule has 0 heterocycles. The van der Waals surface area contributed by atoms with Crippen molar-refractivity contribution in [3.8, 4) is 5.75 Å². The van der Waals surface area contributed by atoms with E-state index in [1.165, 1.54) is 0 Å². The fraction of sp³-hybridized carbons (Fsp3) is 0.188. The van der Waals surface area contributed by atoms with Crippen molar-refractivity contribution in [2.75, 3.05) is 7.11 Å². The summed E-state index contributed by atoms with van der Waals surface area (Å²) in [6, 6.07) is 17.2. The Kier molecular flexibility index (Phi) is 4.18. The molecule has 3 nitrogen and oxygen atoms in total. The molecule has 2 aromatic carbocycles. The maximum atomic E-state index is 11.1. The van der Waals surface area contributed by atoms with Gasteiger partial charge >= 0.3 is 5.97 Å². The number of para-hydroxylation sites is 1. The molecule has 0 radical (unpaired) electrons. The van der Waals surface area contributed by atoms with Gasteiger partial charge < -0.3 is 9.84 Å². The van der Waals surface area contributed by atoms with E-state index in [0.717, 1.165) is 16.9 Å². The fourth-order valence-corrected chi connectivity index (χ4v) is 2.22. The molecule has 0 spiro atoms. The summed E-state index contributed by atoms with van der Waals surface area (Å²) in [7, 11) is 1.60. The van der Waals surface area contributed by atoms with Crippen LogP contribution in [0.2, 0.25) is 0 Å². The first-order chi connectivity index (χ1) is 9.22. The predicted octanol–water partition coefficient (Wildman–Crippen LogP) is 3.30. The number of carbonyl (C=O) groups is 1. The molecule has 2 rings (SSSR count). The molecule has 0 amide bonds. The monoisotopic (exact) mass is 256 g/mol. The first-order valence-corrected chi connectivity index (χ1v) is 6.12. The minimum atomic E-state index is -0.820. The summed E-state index contributed by atoms with van der Waals surface area (Å²) in [5.41, 5.74) is 1.88. The molecule has 0 aliphatic carbocycles. The Labute approximate surface area is 112 Å². The Balaban J connectivity index is 2.46. The van der Waals surface area contributed by atoms with Crippen LogP contribution in [0.15, 0.2) is 54.6 Å². The van der Waals surface area contributed by atoms with Crippen molar-refractivity contribution in [1.29, 1.82) is 0 Å². The molecule has 0 saturated heterocycles. The summed E-state index contributed by atoms with van der Waals surface area (Å²) in [6.07, 6.45) is 0.0460. The summed E-state index contributed by atoms with van der Waals surface area (Å²) in [5, 5.41) is 9.13. The van der Waals surface area contributed by atoms with Crippen LogP contribution in [-0.4, -0.2) is 18.2 Å². The summed E-state index contributed by atoms with van der Waals surface area (Å²) in [5.74, 6) is -0.299. The number of methoxy groups -OCH3 is 1. The van der Waals surface area contributed by atoms with Gasteiger partial charge in [-0.05, 0) is 11.6 Å². The van der Waals surface area contributed by atoms with E-state index in [9.17, 15) is 4.79 Å². The van der Waals surface area contributed by atoms with Crippen LogP contribution in [0, 0.1) is 0 Å². The van der Waals surface area contributed by atoms with E-state index in [0.29, 0.717) is 0 Å². The number of carboxylic acid groups (broad SMARTS) is 1. The van der Waals surface area contributed by atoms with Crippen molar-refractivity contribution < 1.29 is 14.6 Å². The standard InChI is InChI=1S/C16H16O3/c1-19-15-10-6-5-9-13(15)14(11-16(17)18)12-7-3-2-4-8-12/h2-10,14H,11H2,1H3,(H,17,18)/t14-/m1/s1. The van der Waals surface area contributed by atoms with Gasteiger partial charge in [-0.15, -0.1) is 0 Å². The van der Waals surface area contributed by atoms with Gasteiger partial charge in [0, 0.05) is 11.5 Å². The van der Waals surface area contributed by atoms with E-state index in [1.54, 1.807) is 7.11 Å². The highest BCUT2D eigenvalue weighted by Gasteiger charge is 2.20. The van der Waals surface area contributed by atoms with Crippen LogP contribution >= 0.6 is 0 Å². The molecule has 0 fully saturated rings. The van der Waals surface area contributed by atoms with Gasteiger partial charge in [0.05, 0.1) is 13.5 Å². The Morgan fingerprint density at radius 2 is 1.74 bits per heavy atom. The lowest BCUT2D eigenvalue weighted by atomic mass is 9.88. The van der Waals surface area contributed by atoms with Gasteiger partial charge in [-0.1, -0.05) is 48.5 Å². The Hall–Kier alpha value is -2.29. The molecular formula is C16H16O3. The molecule has 0 aliphatic rings. The van der Waals surface area contributed by atoms with E-state index >= 15 is 0 Å². The van der Waals surface area contributed by atoms with Gasteiger partial charge in [-0.2, -0.15) is 0 Å². The molecule has 98 valence electrons. The number of ether oxygens (including phenoxy) is 1. The van der Waals surface area contributed by atoms with Crippen molar-refractivity contribution in [2.24, 2.45) is 0 Å². The third-order valence-electron chi connectivity index (χ3n) is 3.10. The summed E-state index contributed by atoms with van der Waals surface area (Å²) >= 11 is 0. The zero-order valence-electron chi connectivity index (χ0n) is 10.7. The van der Waals surface area contributed by atoms with E-state index in [4.69, 9.17) is 9.84 Å². The molecule has 0 unspecified atom stereocenters. The summed E-state index contributed by atoms with van der Waals surface area (Å²) in [6.45, 7) is 0. The first-order valence-electron chi connectivity index (χ1n) is 6.12. The van der Waals surface area contributed by atoms with Crippen LogP contribution < -0.4 is 4.74 Å². The SMILES string of the molecule is COc1ccccc1[C@H](CC(=O)O)c1ccccc1. The van der Waals surface area contributed by atoms with Crippen LogP contribution in [0.4, 0.5) is 0 Å². The largest absolute Gasteiger partial charge is 0.496 e. The average molecular weight is 256 g/mol. The van der Waals surface area contributed by atoms with Crippen LogP contribution in [-0.2, 0) is 4.79 Å². The van der Waals surface area contributed by atoms with Crippen molar-refractivity contribution in [3.05, 3.63) is 65.7 Å². The third-order valence-corrected chi connectivity index (χ3v) is 3.10. The average Bonchev–Trinajstić information content (AvgIpc) is 2.45. The minimum Gasteiger partial charge on any atom is -0.496 e. The normalized spacial score (nSPS) is 11.8. The number of hydrogen-bond donors (Lipinski definition) is 1. The number of rotatable bonds is 5. The lowest BCUT2D eigenvalue weighted by molar-refractivity contribution is -0.137. The molecule has 0 aromatic heterocycles. The fourth-order valence-electron chi connectivity index (χ4n) is 2.22. The van der Waals surface area contributed by atoms with Gasteiger partial charge in [-0.25, -0.2) is 0 Å². The molecule has 0 bridgehead atoms. The van der Waals surface area contributed by atoms with Gasteiger partial charge in [0.25, 0.3) is 0 Å². The number of benzene rings is 2. The topological polar surface area (TPSA) is 46.5 Å². The van der Waals surface area contributed by atoms with Crippen LogP contribution in [0.3, 0.4) is 0 Å². The maximum absolute atomic E-state index is 11.1. The smallest absolute Gasteiger partial charge is 0.304 e. The lowest BCUT2D eigenvalue weighted by Gasteiger charge is -2.18. The zero-order chi connectivity index (χ0) is 13.7. The second-order valence-electron chi connectivity index (χ2n) is 4.30. The second-order valence-corrected chi connectivity index (χ2v) is 4.30. The van der Waals surface area contributed by atoms with Crippen LogP contribution in [0.5, 0.6) is 5.75 Å². The number of carboxylic acids is 1. The van der Waals surface area contributed by atoms with Gasteiger partial charge in [0.1, 0.15) is 5.75 Å². The second kappa shape index (κ2) is 6.05. The Bertz CT molecular complexity index is 549. The van der Waals surface area contributed by atoms with Crippen LogP contribution in [0.25, 0.3) is 0 Å². The quantitative estimate of drug-likeness (QED) is 0.892. The molecule has 1 atom stereocenters. The third kappa shape index (κ3) is 3.13. The summed E-state index contributed by atoms with van der Waals surface area (Å²) in [4.78, 5) is 11.1. The zero-order valence-corrected chi connectivity index (χ0v) is 10.7. The maximum Gasteiger partial charge on any atom is 0.304 e. The summed E-state index contributed by atoms with van der Waals surface area (Å²) < 4.78 is 5.34. The van der Waals surface area contributed by atoms with Crippen molar-refractivity contribution >= 4 is 5.97 Å². The first kappa shape index (κ1) is 13.1. The van der Waals surface area contributed by atoms with Crippen LogP contribution in [0.1, 0.15) is 23.5 Å². The van der Waals surface area contributed by atoms with Gasteiger partial charge in [-0.3, -0.25) is 4.79 Å². The highest BCUT2D eigenvalue weighted by atomic mass is 16.5. The lowest BCUT2D eigenvalue weighted by Crippen LogP contribution is -2.09. The Morgan fingerprint density at radius 3 is 2.37 bits per heavy atom. The molecule has 3 heteroatoms. The number of aliphatic carboxylic acids is 1. The molecular weight excluding hydrogens is 240 g/mol. The molecule has 1 N–H and O–H groups in total. The van der Waals surface area contributed by atoms with Gasteiger partial charge in [0.15, 0.2) is 0 Å². The molecule has 2 aromatic rings. The van der Waals surface area contributed by atoms with E-state index < -0.39 is 5.97 Å². The molecule has 0 saturated carbocycles. The Morgan fingerprint density at radius 1 is 1.11 bits per heavy atom. The van der Waals surface area contributed by atoms with Crippen molar-refractivity contribution in [1.82, 2.24) is 0 Å². The van der Waals surface area contributed by atoms with Crippen molar-refractivity contribution in [3.63, 3.8) is 0 Å². The predicted molar refractivity (Wildman–Crippen MR) is 73.5 cm³/mol. The number of hydrogen-bond acceptors (Lipinski definition) is 2. The van der Waals surface area contributed by atoms with E-state index in [-0.39, 0.29) is 12.3 Å². The minimum absolute atomic E-state index is 0.0460. The molecule has 19 heavy (non-hydrogen) atoms. The van der Waals surface area contributed by atoms with Gasteiger partial charge in [0.2, 0.25) is 0 Å². The highest BCUT2D eigenvalue weighted by Crippen LogP contribution is 2.34. The van der Waals surface area contributed by atoms with Crippen molar-refractivity contribution in [2.45, 2.75) is 12.3 Å². The molecule has 0 aliphatic heterocycles. The van der Waals surface area contributed by atoms with E-state index in [1.807, 2.05) is 54.6 Å². The van der Waals surface area contributed by atoms with E-state index in [2.05, 4.69) is 0 Å².